The number of aryl methyl sites for hydroxylation is 1. The molecule has 0 heterocycles. The van der Waals surface area contributed by atoms with E-state index in [1.54, 1.807) is 37.3 Å². The highest BCUT2D eigenvalue weighted by molar-refractivity contribution is 6.31. The zero-order chi connectivity index (χ0) is 16.1. The molecule has 0 aliphatic carbocycles. The number of hydrogen-bond donors (Lipinski definition) is 0. The fourth-order valence-electron chi connectivity index (χ4n) is 1.89. The van der Waals surface area contributed by atoms with E-state index in [1.807, 2.05) is 6.92 Å². The Morgan fingerprint density at radius 1 is 1.05 bits per heavy atom. The summed E-state index contributed by atoms with van der Waals surface area (Å²) in [6, 6.07) is 11.3. The maximum absolute atomic E-state index is 12.3. The molecule has 4 nitrogen and oxygen atoms in total. The van der Waals surface area contributed by atoms with E-state index >= 15 is 0 Å². The Morgan fingerprint density at radius 2 is 1.68 bits per heavy atom. The number of carbonyl (C=O) groups excluding carboxylic acids is 2. The van der Waals surface area contributed by atoms with Crippen LogP contribution in [0.3, 0.4) is 0 Å². The van der Waals surface area contributed by atoms with Gasteiger partial charge < -0.3 is 9.47 Å². The van der Waals surface area contributed by atoms with E-state index in [0.717, 1.165) is 5.56 Å². The Morgan fingerprint density at radius 3 is 2.27 bits per heavy atom. The molecule has 22 heavy (non-hydrogen) atoms. The number of benzene rings is 2. The topological polar surface area (TPSA) is 52.6 Å². The number of carbonyl (C=O) groups is 2. The molecule has 0 aromatic heterocycles. The predicted molar refractivity (Wildman–Crippen MR) is 83.5 cm³/mol. The zero-order valence-electron chi connectivity index (χ0n) is 12.3. The van der Waals surface area contributed by atoms with E-state index in [1.165, 1.54) is 12.1 Å². The second-order valence-electron chi connectivity index (χ2n) is 4.57. The summed E-state index contributed by atoms with van der Waals surface area (Å²) in [6.45, 7) is 3.75. The summed E-state index contributed by atoms with van der Waals surface area (Å²) < 4.78 is 10.2. The van der Waals surface area contributed by atoms with Crippen molar-refractivity contribution in [1.29, 1.82) is 0 Å². The van der Waals surface area contributed by atoms with Gasteiger partial charge in [-0.2, -0.15) is 0 Å². The summed E-state index contributed by atoms with van der Waals surface area (Å²) in [6.07, 6.45) is 0. The van der Waals surface area contributed by atoms with Crippen LogP contribution in [0.25, 0.3) is 0 Å². The number of esters is 2. The lowest BCUT2D eigenvalue weighted by Crippen LogP contribution is -2.15. The standard InChI is InChI=1S/C17H15ClO4/c1-3-21-16(19)13-6-4-5-7-14(13)17(20)22-12-8-9-15(18)11(2)10-12/h4-10H,3H2,1-2H3. The fourth-order valence-corrected chi connectivity index (χ4v) is 2.01. The van der Waals surface area contributed by atoms with Gasteiger partial charge in [-0.1, -0.05) is 23.7 Å². The van der Waals surface area contributed by atoms with E-state index in [0.29, 0.717) is 10.8 Å². The second kappa shape index (κ2) is 7.09. The van der Waals surface area contributed by atoms with E-state index in [2.05, 4.69) is 0 Å². The average Bonchev–Trinajstić information content (AvgIpc) is 2.51. The van der Waals surface area contributed by atoms with E-state index < -0.39 is 11.9 Å². The molecule has 0 radical (unpaired) electrons. The van der Waals surface area contributed by atoms with Gasteiger partial charge in [-0.15, -0.1) is 0 Å². The molecule has 0 aliphatic heterocycles. The minimum absolute atomic E-state index is 0.161. The van der Waals surface area contributed by atoms with Crippen molar-refractivity contribution in [2.75, 3.05) is 6.61 Å². The third kappa shape index (κ3) is 3.65. The van der Waals surface area contributed by atoms with Crippen molar-refractivity contribution in [2.45, 2.75) is 13.8 Å². The monoisotopic (exact) mass is 318 g/mol. The van der Waals surface area contributed by atoms with Crippen LogP contribution >= 0.6 is 11.6 Å². The molecule has 2 rings (SSSR count). The van der Waals surface area contributed by atoms with Crippen LogP contribution in [0.1, 0.15) is 33.2 Å². The van der Waals surface area contributed by atoms with Gasteiger partial charge in [-0.05, 0) is 49.7 Å². The third-order valence-electron chi connectivity index (χ3n) is 2.98. The first-order chi connectivity index (χ1) is 10.5. The quantitative estimate of drug-likeness (QED) is 0.630. The molecule has 0 saturated heterocycles. The Bertz CT molecular complexity index is 710. The highest BCUT2D eigenvalue weighted by atomic mass is 35.5. The predicted octanol–water partition coefficient (Wildman–Crippen LogP) is 4.04. The number of ether oxygens (including phenoxy) is 2. The number of hydrogen-bond acceptors (Lipinski definition) is 4. The molecule has 0 spiro atoms. The minimum atomic E-state index is -0.620. The van der Waals surface area contributed by atoms with Crippen molar-refractivity contribution in [3.8, 4) is 5.75 Å². The molecule has 2 aromatic carbocycles. The van der Waals surface area contributed by atoms with Crippen LogP contribution in [-0.4, -0.2) is 18.5 Å². The van der Waals surface area contributed by atoms with Gasteiger partial charge >= 0.3 is 11.9 Å². The lowest BCUT2D eigenvalue weighted by molar-refractivity contribution is 0.0517. The lowest BCUT2D eigenvalue weighted by atomic mass is 10.1. The summed E-state index contributed by atoms with van der Waals surface area (Å²) in [5.74, 6) is -0.807. The van der Waals surface area contributed by atoms with Gasteiger partial charge in [0.2, 0.25) is 0 Å². The van der Waals surface area contributed by atoms with Gasteiger partial charge in [-0.3, -0.25) is 0 Å². The summed E-state index contributed by atoms with van der Waals surface area (Å²) >= 11 is 5.93. The van der Waals surface area contributed by atoms with Crippen molar-refractivity contribution in [1.82, 2.24) is 0 Å². The summed E-state index contributed by atoms with van der Waals surface area (Å²) in [5.41, 5.74) is 1.14. The van der Waals surface area contributed by atoms with Crippen LogP contribution < -0.4 is 4.74 Å². The van der Waals surface area contributed by atoms with Gasteiger partial charge in [0.15, 0.2) is 0 Å². The molecule has 2 aromatic rings. The Kier molecular flexibility index (Phi) is 5.17. The third-order valence-corrected chi connectivity index (χ3v) is 3.41. The number of rotatable bonds is 4. The van der Waals surface area contributed by atoms with Gasteiger partial charge in [0, 0.05) is 5.02 Å². The van der Waals surface area contributed by atoms with Crippen LogP contribution in [0.2, 0.25) is 5.02 Å². The van der Waals surface area contributed by atoms with Gasteiger partial charge in [0.1, 0.15) is 5.75 Å². The lowest BCUT2D eigenvalue weighted by Gasteiger charge is -2.09. The van der Waals surface area contributed by atoms with E-state index in [9.17, 15) is 9.59 Å². The molecule has 0 fully saturated rings. The Balaban J connectivity index is 2.26. The largest absolute Gasteiger partial charge is 0.462 e. The molecular weight excluding hydrogens is 304 g/mol. The van der Waals surface area contributed by atoms with Crippen LogP contribution in [0.15, 0.2) is 42.5 Å². The van der Waals surface area contributed by atoms with Gasteiger partial charge in [0.05, 0.1) is 17.7 Å². The molecule has 5 heteroatoms. The SMILES string of the molecule is CCOC(=O)c1ccccc1C(=O)Oc1ccc(Cl)c(C)c1. The summed E-state index contributed by atoms with van der Waals surface area (Å²) in [4.78, 5) is 24.2. The molecule has 0 aliphatic rings. The van der Waals surface area contributed by atoms with Crippen molar-refractivity contribution in [2.24, 2.45) is 0 Å². The molecule has 0 amide bonds. The minimum Gasteiger partial charge on any atom is -0.462 e. The van der Waals surface area contributed by atoms with Crippen LogP contribution in [0.5, 0.6) is 5.75 Å². The van der Waals surface area contributed by atoms with Crippen LogP contribution in [-0.2, 0) is 4.74 Å². The molecular formula is C17H15ClO4. The Hall–Kier alpha value is -2.33. The highest BCUT2D eigenvalue weighted by Gasteiger charge is 2.19. The molecule has 0 saturated carbocycles. The first-order valence-electron chi connectivity index (χ1n) is 6.77. The summed E-state index contributed by atoms with van der Waals surface area (Å²) in [5, 5.41) is 0.590. The molecule has 0 unspecified atom stereocenters. The van der Waals surface area contributed by atoms with Crippen LogP contribution in [0.4, 0.5) is 0 Å². The molecule has 114 valence electrons. The normalized spacial score (nSPS) is 10.1. The zero-order valence-corrected chi connectivity index (χ0v) is 13.0. The first kappa shape index (κ1) is 16.0. The molecule has 0 atom stereocenters. The number of halogens is 1. The highest BCUT2D eigenvalue weighted by Crippen LogP contribution is 2.22. The van der Waals surface area contributed by atoms with E-state index in [4.69, 9.17) is 21.1 Å². The maximum atomic E-state index is 12.3. The first-order valence-corrected chi connectivity index (χ1v) is 7.15. The van der Waals surface area contributed by atoms with Crippen molar-refractivity contribution >= 4 is 23.5 Å². The summed E-state index contributed by atoms with van der Waals surface area (Å²) in [7, 11) is 0. The maximum Gasteiger partial charge on any atom is 0.344 e. The smallest absolute Gasteiger partial charge is 0.344 e. The van der Waals surface area contributed by atoms with E-state index in [-0.39, 0.29) is 17.7 Å². The molecule has 0 N–H and O–H groups in total. The average molecular weight is 319 g/mol. The van der Waals surface area contributed by atoms with Crippen molar-refractivity contribution in [3.05, 3.63) is 64.2 Å². The molecule has 0 bridgehead atoms. The van der Waals surface area contributed by atoms with Crippen molar-refractivity contribution in [3.63, 3.8) is 0 Å². The second-order valence-corrected chi connectivity index (χ2v) is 4.97. The van der Waals surface area contributed by atoms with Gasteiger partial charge in [0.25, 0.3) is 0 Å². The van der Waals surface area contributed by atoms with Gasteiger partial charge in [-0.25, -0.2) is 9.59 Å². The fraction of sp³-hybridized carbons (Fsp3) is 0.176. The van der Waals surface area contributed by atoms with Crippen LogP contribution in [0, 0.1) is 6.92 Å². The Labute approximate surface area is 133 Å². The van der Waals surface area contributed by atoms with Crippen molar-refractivity contribution < 1.29 is 19.1 Å².